The second-order valence-corrected chi connectivity index (χ2v) is 9.45. The van der Waals surface area contributed by atoms with E-state index in [0.717, 1.165) is 17.5 Å². The largest absolute Gasteiger partial charge is 0.224 e. The van der Waals surface area contributed by atoms with Crippen LogP contribution >= 0.6 is 11.6 Å². The summed E-state index contributed by atoms with van der Waals surface area (Å²) in [7, 11) is -3.20. The lowest BCUT2D eigenvalue weighted by Crippen LogP contribution is -2.26. The van der Waals surface area contributed by atoms with Crippen LogP contribution in [0.15, 0.2) is 83.8 Å². The zero-order valence-electron chi connectivity index (χ0n) is 14.9. The molecule has 4 rings (SSSR count). The van der Waals surface area contributed by atoms with Gasteiger partial charge in [-0.3, -0.25) is 0 Å². The van der Waals surface area contributed by atoms with Gasteiger partial charge in [0.2, 0.25) is 0 Å². The van der Waals surface area contributed by atoms with Gasteiger partial charge in [-0.05, 0) is 52.9 Å². The predicted molar refractivity (Wildman–Crippen MR) is 111 cm³/mol. The molecule has 1 aliphatic carbocycles. The van der Waals surface area contributed by atoms with E-state index >= 15 is 0 Å². The molecule has 1 aliphatic rings. The fourth-order valence-corrected chi connectivity index (χ4v) is 4.64. The molecule has 0 heterocycles. The Balaban J connectivity index is 1.83. The zero-order chi connectivity index (χ0) is 19.1. The summed E-state index contributed by atoms with van der Waals surface area (Å²) in [6, 6.07) is 23.5. The number of sulfone groups is 1. The van der Waals surface area contributed by atoms with E-state index in [4.69, 9.17) is 11.6 Å². The molecular weight excluding hydrogens is 376 g/mol. The average Bonchev–Trinajstić information content (AvgIpc) is 3.01. The summed E-state index contributed by atoms with van der Waals surface area (Å²) in [5, 5.41) is 0.706. The fraction of sp³-hybridized carbons (Fsp3) is 0.130. The molecule has 4 heteroatoms. The molecule has 0 amide bonds. The highest BCUT2D eigenvalue weighted by molar-refractivity contribution is 7.90. The maximum absolute atomic E-state index is 11.7. The molecule has 2 nitrogen and oxygen atoms in total. The second-order valence-electron chi connectivity index (χ2n) is 7.00. The highest BCUT2D eigenvalue weighted by Crippen LogP contribution is 2.44. The third-order valence-electron chi connectivity index (χ3n) is 5.16. The lowest BCUT2D eigenvalue weighted by Gasteiger charge is -2.30. The van der Waals surface area contributed by atoms with Crippen LogP contribution < -0.4 is 0 Å². The molecule has 0 N–H and O–H groups in total. The normalized spacial score (nSPS) is 18.4. The van der Waals surface area contributed by atoms with Gasteiger partial charge in [-0.15, -0.1) is 0 Å². The molecule has 3 aromatic rings. The molecular formula is C23H19ClO2S. The van der Waals surface area contributed by atoms with Gasteiger partial charge in [0.05, 0.1) is 4.90 Å². The van der Waals surface area contributed by atoms with Crippen LogP contribution in [0.5, 0.6) is 0 Å². The zero-order valence-corrected chi connectivity index (χ0v) is 16.5. The molecule has 0 fully saturated rings. The van der Waals surface area contributed by atoms with Crippen LogP contribution in [0.2, 0.25) is 5.02 Å². The molecule has 1 atom stereocenters. The van der Waals surface area contributed by atoms with Crippen molar-refractivity contribution in [3.05, 3.63) is 106 Å². The van der Waals surface area contributed by atoms with Crippen molar-refractivity contribution in [1.82, 2.24) is 0 Å². The first-order chi connectivity index (χ1) is 12.9. The lowest BCUT2D eigenvalue weighted by atomic mass is 9.72. The first-order valence-electron chi connectivity index (χ1n) is 8.72. The number of benzene rings is 3. The number of allylic oxidation sites excluding steroid dienone is 1. The van der Waals surface area contributed by atoms with Crippen molar-refractivity contribution in [3.63, 3.8) is 0 Å². The third kappa shape index (κ3) is 3.33. The molecule has 0 bridgehead atoms. The van der Waals surface area contributed by atoms with Gasteiger partial charge in [0.1, 0.15) is 0 Å². The van der Waals surface area contributed by atoms with Crippen LogP contribution in [0, 0.1) is 0 Å². The van der Waals surface area contributed by atoms with Crippen molar-refractivity contribution in [2.75, 3.05) is 6.26 Å². The summed E-state index contributed by atoms with van der Waals surface area (Å²) in [6.45, 7) is 0. The molecule has 3 aromatic carbocycles. The Hall–Kier alpha value is -2.36. The SMILES string of the molecule is CS(=O)(=O)c1ccc(CC2(c3cccc(Cl)c3)C=Cc3ccccc32)cc1. The average molecular weight is 395 g/mol. The van der Waals surface area contributed by atoms with E-state index in [2.05, 4.69) is 36.4 Å². The van der Waals surface area contributed by atoms with Gasteiger partial charge in [0.25, 0.3) is 0 Å². The summed E-state index contributed by atoms with van der Waals surface area (Å²) in [4.78, 5) is 0.338. The number of fused-ring (bicyclic) bond motifs is 1. The third-order valence-corrected chi connectivity index (χ3v) is 6.53. The van der Waals surface area contributed by atoms with E-state index in [0.29, 0.717) is 9.92 Å². The van der Waals surface area contributed by atoms with Crippen molar-refractivity contribution in [3.8, 4) is 0 Å². The van der Waals surface area contributed by atoms with Gasteiger partial charge in [-0.1, -0.05) is 72.3 Å². The number of hydrogen-bond acceptors (Lipinski definition) is 2. The van der Waals surface area contributed by atoms with E-state index in [1.54, 1.807) is 12.1 Å². The Morgan fingerprint density at radius 1 is 0.926 bits per heavy atom. The van der Waals surface area contributed by atoms with Gasteiger partial charge in [0, 0.05) is 16.7 Å². The smallest absolute Gasteiger partial charge is 0.175 e. The van der Waals surface area contributed by atoms with Gasteiger partial charge in [0.15, 0.2) is 9.84 Å². The Labute approximate surface area is 165 Å². The van der Waals surface area contributed by atoms with Gasteiger partial charge in [-0.2, -0.15) is 0 Å². The standard InChI is InChI=1S/C23H19ClO2S/c1-27(25,26)21-11-9-17(10-12-21)16-23(19-6-4-7-20(24)15-19)14-13-18-5-2-3-8-22(18)23/h2-15H,16H2,1H3. The number of rotatable bonds is 4. The Morgan fingerprint density at radius 3 is 2.37 bits per heavy atom. The molecule has 0 saturated heterocycles. The predicted octanol–water partition coefficient (Wildman–Crippen LogP) is 5.30. The summed E-state index contributed by atoms with van der Waals surface area (Å²) < 4.78 is 23.5. The van der Waals surface area contributed by atoms with E-state index in [-0.39, 0.29) is 5.41 Å². The van der Waals surface area contributed by atoms with E-state index in [1.807, 2.05) is 36.4 Å². The maximum atomic E-state index is 11.7. The van der Waals surface area contributed by atoms with Crippen molar-refractivity contribution in [2.24, 2.45) is 0 Å². The van der Waals surface area contributed by atoms with E-state index in [9.17, 15) is 8.42 Å². The van der Waals surface area contributed by atoms with E-state index < -0.39 is 9.84 Å². The van der Waals surface area contributed by atoms with Crippen LogP contribution in [0.1, 0.15) is 22.3 Å². The van der Waals surface area contributed by atoms with Crippen molar-refractivity contribution >= 4 is 27.5 Å². The van der Waals surface area contributed by atoms with Gasteiger partial charge < -0.3 is 0 Å². The van der Waals surface area contributed by atoms with Gasteiger partial charge in [-0.25, -0.2) is 8.42 Å². The maximum Gasteiger partial charge on any atom is 0.175 e. The minimum atomic E-state index is -3.20. The van der Waals surface area contributed by atoms with E-state index in [1.165, 1.54) is 17.4 Å². The van der Waals surface area contributed by atoms with Crippen molar-refractivity contribution < 1.29 is 8.42 Å². The lowest BCUT2D eigenvalue weighted by molar-refractivity contribution is 0.601. The Morgan fingerprint density at radius 2 is 1.67 bits per heavy atom. The molecule has 0 aromatic heterocycles. The topological polar surface area (TPSA) is 34.1 Å². The molecule has 0 radical (unpaired) electrons. The quantitative estimate of drug-likeness (QED) is 0.601. The first kappa shape index (κ1) is 18.0. The Kier molecular flexibility index (Phi) is 4.45. The highest BCUT2D eigenvalue weighted by Gasteiger charge is 2.36. The number of hydrogen-bond donors (Lipinski definition) is 0. The summed E-state index contributed by atoms with van der Waals surface area (Å²) >= 11 is 6.30. The summed E-state index contributed by atoms with van der Waals surface area (Å²) in [5.41, 5.74) is 4.31. The molecule has 0 spiro atoms. The minimum Gasteiger partial charge on any atom is -0.224 e. The fourth-order valence-electron chi connectivity index (χ4n) is 3.82. The Bertz CT molecular complexity index is 1130. The molecule has 0 aliphatic heterocycles. The molecule has 136 valence electrons. The van der Waals surface area contributed by atoms with Crippen LogP contribution in [0.4, 0.5) is 0 Å². The highest BCUT2D eigenvalue weighted by atomic mass is 35.5. The summed E-state index contributed by atoms with van der Waals surface area (Å²) in [6.07, 6.45) is 6.34. The molecule has 1 unspecified atom stereocenters. The molecule has 27 heavy (non-hydrogen) atoms. The summed E-state index contributed by atoms with van der Waals surface area (Å²) in [5.74, 6) is 0. The monoisotopic (exact) mass is 394 g/mol. The van der Waals surface area contributed by atoms with Crippen molar-refractivity contribution in [2.45, 2.75) is 16.7 Å². The number of halogens is 1. The van der Waals surface area contributed by atoms with Crippen LogP contribution in [-0.4, -0.2) is 14.7 Å². The van der Waals surface area contributed by atoms with Crippen LogP contribution in [0.3, 0.4) is 0 Å². The second kappa shape index (κ2) is 6.66. The molecule has 0 saturated carbocycles. The van der Waals surface area contributed by atoms with Gasteiger partial charge >= 0.3 is 0 Å². The minimum absolute atomic E-state index is 0.325. The van der Waals surface area contributed by atoms with Crippen molar-refractivity contribution in [1.29, 1.82) is 0 Å². The first-order valence-corrected chi connectivity index (χ1v) is 11.0. The van der Waals surface area contributed by atoms with Crippen LogP contribution in [-0.2, 0) is 21.7 Å². The van der Waals surface area contributed by atoms with Crippen LogP contribution in [0.25, 0.3) is 6.08 Å².